The lowest BCUT2D eigenvalue weighted by Crippen LogP contribution is -2.19. The van der Waals surface area contributed by atoms with Gasteiger partial charge in [-0.05, 0) is 34.0 Å². The normalized spacial score (nSPS) is 10.5. The van der Waals surface area contributed by atoms with Crippen molar-refractivity contribution in [2.75, 3.05) is 13.2 Å². The number of rotatable bonds is 7. The molecule has 4 heteroatoms. The van der Waals surface area contributed by atoms with Gasteiger partial charge in [0.2, 0.25) is 0 Å². The van der Waals surface area contributed by atoms with Crippen LogP contribution in [0.2, 0.25) is 0 Å². The lowest BCUT2D eigenvalue weighted by Gasteiger charge is -2.08. The van der Waals surface area contributed by atoms with Gasteiger partial charge in [0.05, 0.1) is 0 Å². The molecule has 4 rings (SSSR count). The Bertz CT molecular complexity index is 1160. The maximum absolute atomic E-state index is 12.3. The molecule has 4 aromatic carbocycles. The molecule has 0 amide bonds. The Hall–Kier alpha value is -3.92. The smallest absolute Gasteiger partial charge is 0.344 e. The first-order chi connectivity index (χ1) is 14.7. The van der Waals surface area contributed by atoms with Crippen LogP contribution in [0.4, 0.5) is 0 Å². The molecule has 0 atom stereocenters. The molecule has 0 N–H and O–H groups in total. The predicted octanol–water partition coefficient (Wildman–Crippen LogP) is 5.31. The molecule has 0 fully saturated rings. The van der Waals surface area contributed by atoms with Crippen LogP contribution in [0.3, 0.4) is 0 Å². The quantitative estimate of drug-likeness (QED) is 0.314. The second-order valence-electron chi connectivity index (χ2n) is 6.82. The number of fused-ring (bicyclic) bond motifs is 1. The number of esters is 1. The van der Waals surface area contributed by atoms with Crippen molar-refractivity contribution in [3.63, 3.8) is 0 Å². The molecule has 0 saturated carbocycles. The number of carbonyl (C=O) groups is 2. The van der Waals surface area contributed by atoms with Crippen LogP contribution in [0.15, 0.2) is 97.1 Å². The highest BCUT2D eigenvalue weighted by molar-refractivity contribution is 5.98. The number of ether oxygens (including phenoxy) is 2. The highest BCUT2D eigenvalue weighted by atomic mass is 16.6. The van der Waals surface area contributed by atoms with Gasteiger partial charge in [0, 0.05) is 5.56 Å². The average Bonchev–Trinajstić information content (AvgIpc) is 2.81. The molecule has 0 spiro atoms. The van der Waals surface area contributed by atoms with Crippen LogP contribution in [0, 0.1) is 0 Å². The van der Waals surface area contributed by atoms with E-state index in [1.54, 1.807) is 18.2 Å². The Morgan fingerprint density at radius 1 is 0.633 bits per heavy atom. The Kier molecular flexibility index (Phi) is 5.85. The van der Waals surface area contributed by atoms with Gasteiger partial charge in [-0.3, -0.25) is 4.79 Å². The van der Waals surface area contributed by atoms with E-state index < -0.39 is 5.97 Å². The van der Waals surface area contributed by atoms with E-state index in [-0.39, 0.29) is 19.0 Å². The van der Waals surface area contributed by atoms with Gasteiger partial charge in [-0.15, -0.1) is 0 Å². The zero-order valence-corrected chi connectivity index (χ0v) is 16.3. The molecule has 0 unspecified atom stereocenters. The molecular weight excluding hydrogens is 376 g/mol. The summed E-state index contributed by atoms with van der Waals surface area (Å²) in [7, 11) is 0. The van der Waals surface area contributed by atoms with Crippen LogP contribution in [0.5, 0.6) is 5.75 Å². The monoisotopic (exact) mass is 396 g/mol. The molecular formula is C26H20O4. The van der Waals surface area contributed by atoms with Gasteiger partial charge in [-0.2, -0.15) is 0 Å². The summed E-state index contributed by atoms with van der Waals surface area (Å²) in [6, 6.07) is 30.6. The minimum absolute atomic E-state index is 0.251. The van der Waals surface area contributed by atoms with E-state index in [0.717, 1.165) is 21.9 Å². The fourth-order valence-electron chi connectivity index (χ4n) is 3.15. The minimum Gasteiger partial charge on any atom is -0.482 e. The molecule has 0 aliphatic rings. The molecule has 0 saturated heterocycles. The average molecular weight is 396 g/mol. The Labute approximate surface area is 174 Å². The topological polar surface area (TPSA) is 52.6 Å². The zero-order valence-electron chi connectivity index (χ0n) is 16.3. The van der Waals surface area contributed by atoms with Crippen molar-refractivity contribution in [3.8, 4) is 16.9 Å². The maximum atomic E-state index is 12.3. The first-order valence-electron chi connectivity index (χ1n) is 9.65. The summed E-state index contributed by atoms with van der Waals surface area (Å²) < 4.78 is 10.6. The molecule has 148 valence electrons. The van der Waals surface area contributed by atoms with Crippen LogP contribution in [0.1, 0.15) is 10.4 Å². The van der Waals surface area contributed by atoms with Gasteiger partial charge < -0.3 is 9.47 Å². The zero-order chi connectivity index (χ0) is 20.8. The lowest BCUT2D eigenvalue weighted by molar-refractivity contribution is -0.144. The number of hydrogen-bond acceptors (Lipinski definition) is 4. The second kappa shape index (κ2) is 9.05. The third-order valence-electron chi connectivity index (χ3n) is 4.76. The van der Waals surface area contributed by atoms with E-state index in [1.807, 2.05) is 78.9 Å². The van der Waals surface area contributed by atoms with E-state index in [0.29, 0.717) is 11.3 Å². The number of hydrogen-bond donors (Lipinski definition) is 0. The molecule has 4 nitrogen and oxygen atoms in total. The number of benzene rings is 4. The molecule has 0 bridgehead atoms. The molecule has 0 aliphatic carbocycles. The van der Waals surface area contributed by atoms with Gasteiger partial charge >= 0.3 is 5.97 Å². The predicted molar refractivity (Wildman–Crippen MR) is 117 cm³/mol. The largest absolute Gasteiger partial charge is 0.482 e. The van der Waals surface area contributed by atoms with Gasteiger partial charge in [0.15, 0.2) is 19.0 Å². The van der Waals surface area contributed by atoms with Crippen molar-refractivity contribution in [3.05, 3.63) is 103 Å². The molecule has 4 aromatic rings. The van der Waals surface area contributed by atoms with Crippen molar-refractivity contribution in [2.24, 2.45) is 0 Å². The summed E-state index contributed by atoms with van der Waals surface area (Å²) in [5, 5.41) is 2.12. The number of carbonyl (C=O) groups excluding carboxylic acids is 2. The summed E-state index contributed by atoms with van der Waals surface area (Å²) in [4.78, 5) is 24.3. The van der Waals surface area contributed by atoms with Crippen molar-refractivity contribution >= 4 is 22.5 Å². The van der Waals surface area contributed by atoms with Crippen LogP contribution >= 0.6 is 0 Å². The van der Waals surface area contributed by atoms with Crippen molar-refractivity contribution in [1.29, 1.82) is 0 Å². The maximum Gasteiger partial charge on any atom is 0.344 e. The van der Waals surface area contributed by atoms with Crippen LogP contribution in [-0.4, -0.2) is 25.0 Å². The molecule has 0 heterocycles. The molecule has 0 aromatic heterocycles. The highest BCUT2D eigenvalue weighted by Gasteiger charge is 2.11. The van der Waals surface area contributed by atoms with E-state index >= 15 is 0 Å². The Morgan fingerprint density at radius 2 is 1.30 bits per heavy atom. The van der Waals surface area contributed by atoms with Gasteiger partial charge in [-0.1, -0.05) is 84.9 Å². The van der Waals surface area contributed by atoms with Crippen LogP contribution in [0.25, 0.3) is 21.9 Å². The summed E-state index contributed by atoms with van der Waals surface area (Å²) in [5.74, 6) is -0.264. The van der Waals surface area contributed by atoms with Crippen molar-refractivity contribution < 1.29 is 19.1 Å². The highest BCUT2D eigenvalue weighted by Crippen LogP contribution is 2.21. The van der Waals surface area contributed by atoms with Crippen LogP contribution < -0.4 is 4.74 Å². The Balaban J connectivity index is 1.28. The summed E-state index contributed by atoms with van der Waals surface area (Å²) >= 11 is 0. The van der Waals surface area contributed by atoms with Gasteiger partial charge in [0.25, 0.3) is 0 Å². The van der Waals surface area contributed by atoms with Crippen molar-refractivity contribution in [1.82, 2.24) is 0 Å². The minimum atomic E-state index is -0.586. The van der Waals surface area contributed by atoms with E-state index in [2.05, 4.69) is 0 Å². The third-order valence-corrected chi connectivity index (χ3v) is 4.76. The molecule has 30 heavy (non-hydrogen) atoms. The first kappa shape index (κ1) is 19.4. The third kappa shape index (κ3) is 4.73. The lowest BCUT2D eigenvalue weighted by atomic mass is 10.0. The summed E-state index contributed by atoms with van der Waals surface area (Å²) in [6.07, 6.45) is 0. The molecule has 0 aliphatic heterocycles. The fourth-order valence-corrected chi connectivity index (χ4v) is 3.15. The van der Waals surface area contributed by atoms with Gasteiger partial charge in [-0.25, -0.2) is 4.79 Å². The number of ketones is 1. The Morgan fingerprint density at radius 3 is 2.07 bits per heavy atom. The summed E-state index contributed by atoms with van der Waals surface area (Å²) in [6.45, 7) is -0.566. The summed E-state index contributed by atoms with van der Waals surface area (Å²) in [5.41, 5.74) is 2.60. The standard InChI is InChI=1S/C26H20O4/c27-25(22-12-10-21(11-13-22)19-6-2-1-3-7-19)17-30-26(28)18-29-24-15-14-20-8-4-5-9-23(20)16-24/h1-16H,17-18H2. The van der Waals surface area contributed by atoms with Crippen LogP contribution in [-0.2, 0) is 9.53 Å². The second-order valence-corrected chi connectivity index (χ2v) is 6.82. The van der Waals surface area contributed by atoms with E-state index in [1.165, 1.54) is 0 Å². The van der Waals surface area contributed by atoms with E-state index in [4.69, 9.17) is 9.47 Å². The van der Waals surface area contributed by atoms with E-state index in [9.17, 15) is 9.59 Å². The first-order valence-corrected chi connectivity index (χ1v) is 9.65. The SMILES string of the molecule is O=C(COc1ccc2ccccc2c1)OCC(=O)c1ccc(-c2ccccc2)cc1. The molecule has 0 radical (unpaired) electrons. The fraction of sp³-hybridized carbons (Fsp3) is 0.0769. The van der Waals surface area contributed by atoms with Gasteiger partial charge in [0.1, 0.15) is 5.75 Å². The van der Waals surface area contributed by atoms with Crippen molar-refractivity contribution in [2.45, 2.75) is 0 Å². The number of Topliss-reactive ketones (excluding diaryl/α,β-unsaturated/α-hetero) is 1.